The first-order valence-corrected chi connectivity index (χ1v) is 7.99. The lowest BCUT2D eigenvalue weighted by Crippen LogP contribution is -2.30. The van der Waals surface area contributed by atoms with E-state index in [9.17, 15) is 9.59 Å². The second-order valence-electron chi connectivity index (χ2n) is 6.17. The maximum absolute atomic E-state index is 12.6. The number of fused-ring (bicyclic) bond motifs is 1. The number of amides is 1. The molecular formula is C17H18N4O3. The van der Waals surface area contributed by atoms with Gasteiger partial charge in [-0.2, -0.15) is 0 Å². The number of aryl methyl sites for hydroxylation is 1. The van der Waals surface area contributed by atoms with Crippen molar-refractivity contribution >= 4 is 11.6 Å². The zero-order valence-electron chi connectivity index (χ0n) is 13.6. The number of aromatic nitrogens is 3. The first kappa shape index (κ1) is 14.7. The van der Waals surface area contributed by atoms with Gasteiger partial charge in [0.25, 0.3) is 11.5 Å². The number of likely N-dealkylation sites (tertiary alicyclic amines) is 1. The Kier molecular flexibility index (Phi) is 3.30. The third-order valence-electron chi connectivity index (χ3n) is 4.71. The maximum atomic E-state index is 12.6. The molecule has 0 aliphatic carbocycles. The van der Waals surface area contributed by atoms with Crippen molar-refractivity contribution in [3.05, 3.63) is 57.5 Å². The predicted molar refractivity (Wildman–Crippen MR) is 87.0 cm³/mol. The van der Waals surface area contributed by atoms with E-state index >= 15 is 0 Å². The Labute approximate surface area is 137 Å². The molecule has 1 amide bonds. The average Bonchev–Trinajstić information content (AvgIpc) is 3.30. The van der Waals surface area contributed by atoms with Crippen molar-refractivity contribution in [3.63, 3.8) is 0 Å². The fraction of sp³-hybridized carbons (Fsp3) is 0.353. The van der Waals surface area contributed by atoms with Crippen LogP contribution < -0.4 is 5.56 Å². The van der Waals surface area contributed by atoms with Gasteiger partial charge in [-0.25, -0.2) is 9.50 Å². The summed E-state index contributed by atoms with van der Waals surface area (Å²) in [4.78, 5) is 31.2. The number of nitrogens with one attached hydrogen (secondary N) is 1. The highest BCUT2D eigenvalue weighted by molar-refractivity contribution is 5.91. The Morgan fingerprint density at radius 3 is 3.00 bits per heavy atom. The normalized spacial score (nSPS) is 17.8. The zero-order valence-corrected chi connectivity index (χ0v) is 13.6. The van der Waals surface area contributed by atoms with E-state index in [1.165, 1.54) is 10.8 Å². The number of H-pyrrole nitrogens is 1. The van der Waals surface area contributed by atoms with E-state index in [1.54, 1.807) is 24.0 Å². The van der Waals surface area contributed by atoms with E-state index in [-0.39, 0.29) is 17.5 Å². The highest BCUT2D eigenvalue weighted by Gasteiger charge is 2.33. The summed E-state index contributed by atoms with van der Waals surface area (Å²) < 4.78 is 6.68. The topological polar surface area (TPSA) is 83.6 Å². The molecule has 0 aromatic carbocycles. The van der Waals surface area contributed by atoms with Gasteiger partial charge in [-0.15, -0.1) is 0 Å². The Balaban J connectivity index is 1.75. The Hall–Kier alpha value is -2.83. The summed E-state index contributed by atoms with van der Waals surface area (Å²) in [7, 11) is 0. The summed E-state index contributed by atoms with van der Waals surface area (Å²) in [6, 6.07) is 5.12. The number of hydrogen-bond donors (Lipinski definition) is 1. The fourth-order valence-corrected chi connectivity index (χ4v) is 3.28. The highest BCUT2D eigenvalue weighted by Crippen LogP contribution is 2.32. The van der Waals surface area contributed by atoms with Gasteiger partial charge in [0.05, 0.1) is 18.0 Å². The van der Waals surface area contributed by atoms with Gasteiger partial charge in [0.2, 0.25) is 0 Å². The minimum Gasteiger partial charge on any atom is -0.459 e. The van der Waals surface area contributed by atoms with Crippen LogP contribution in [-0.4, -0.2) is 31.9 Å². The minimum atomic E-state index is -0.131. The molecule has 124 valence electrons. The summed E-state index contributed by atoms with van der Waals surface area (Å²) in [5.74, 6) is 0.203. The number of rotatable bonds is 2. The molecule has 1 aliphatic rings. The monoisotopic (exact) mass is 326 g/mol. The molecule has 7 heteroatoms. The smallest absolute Gasteiger partial charge is 0.290 e. The van der Waals surface area contributed by atoms with Crippen LogP contribution in [0.2, 0.25) is 0 Å². The van der Waals surface area contributed by atoms with Gasteiger partial charge in [0.15, 0.2) is 11.4 Å². The van der Waals surface area contributed by atoms with Crippen LogP contribution in [0, 0.1) is 13.8 Å². The number of aromatic amines is 1. The number of furan rings is 1. The third kappa shape index (κ3) is 2.16. The van der Waals surface area contributed by atoms with Crippen LogP contribution in [0.1, 0.15) is 46.4 Å². The molecule has 4 heterocycles. The molecule has 1 saturated heterocycles. The van der Waals surface area contributed by atoms with Gasteiger partial charge < -0.3 is 9.32 Å². The van der Waals surface area contributed by atoms with Crippen molar-refractivity contribution in [2.24, 2.45) is 0 Å². The second kappa shape index (κ2) is 5.36. The maximum Gasteiger partial charge on any atom is 0.290 e. The Morgan fingerprint density at radius 2 is 2.25 bits per heavy atom. The van der Waals surface area contributed by atoms with Crippen LogP contribution in [0.3, 0.4) is 0 Å². The van der Waals surface area contributed by atoms with Gasteiger partial charge in [-0.1, -0.05) is 0 Å². The quantitative estimate of drug-likeness (QED) is 0.782. The van der Waals surface area contributed by atoms with Crippen molar-refractivity contribution in [1.82, 2.24) is 19.5 Å². The molecule has 4 rings (SSSR count). The summed E-state index contributed by atoms with van der Waals surface area (Å²) >= 11 is 0. The van der Waals surface area contributed by atoms with E-state index < -0.39 is 0 Å². The van der Waals surface area contributed by atoms with Crippen molar-refractivity contribution in [2.45, 2.75) is 32.7 Å². The van der Waals surface area contributed by atoms with Gasteiger partial charge in [0.1, 0.15) is 0 Å². The second-order valence-corrected chi connectivity index (χ2v) is 6.17. The zero-order chi connectivity index (χ0) is 16.8. The molecule has 1 N–H and O–H groups in total. The predicted octanol–water partition coefficient (Wildman–Crippen LogP) is 2.21. The molecule has 1 fully saturated rings. The lowest BCUT2D eigenvalue weighted by molar-refractivity contribution is 0.0700. The van der Waals surface area contributed by atoms with E-state index in [4.69, 9.17) is 4.42 Å². The van der Waals surface area contributed by atoms with Crippen LogP contribution in [-0.2, 0) is 0 Å². The molecule has 1 atom stereocenters. The van der Waals surface area contributed by atoms with Crippen molar-refractivity contribution in [2.75, 3.05) is 6.54 Å². The lowest BCUT2D eigenvalue weighted by atomic mass is 10.1. The Morgan fingerprint density at radius 1 is 1.42 bits per heavy atom. The SMILES string of the molecule is Cc1nc2cc(C3CCCN3C(=O)c3ccco3)[nH]n2c(=O)c1C. The first-order chi connectivity index (χ1) is 11.6. The summed E-state index contributed by atoms with van der Waals surface area (Å²) in [5, 5.41) is 3.12. The molecule has 0 bridgehead atoms. The van der Waals surface area contributed by atoms with E-state index in [1.807, 2.05) is 13.0 Å². The number of carbonyl (C=O) groups excluding carboxylic acids is 1. The molecule has 24 heavy (non-hydrogen) atoms. The molecule has 1 aliphatic heterocycles. The molecule has 0 radical (unpaired) electrons. The number of nitrogens with zero attached hydrogens (tertiary/aromatic N) is 3. The summed E-state index contributed by atoms with van der Waals surface area (Å²) in [5.41, 5.74) is 2.64. The van der Waals surface area contributed by atoms with Gasteiger partial charge in [0, 0.05) is 23.9 Å². The molecule has 3 aromatic rings. The van der Waals surface area contributed by atoms with Crippen molar-refractivity contribution in [1.29, 1.82) is 0 Å². The van der Waals surface area contributed by atoms with Gasteiger partial charge in [-0.05, 0) is 38.8 Å². The first-order valence-electron chi connectivity index (χ1n) is 7.99. The fourth-order valence-electron chi connectivity index (χ4n) is 3.28. The van der Waals surface area contributed by atoms with E-state index in [2.05, 4.69) is 10.1 Å². The van der Waals surface area contributed by atoms with E-state index in [0.717, 1.165) is 24.2 Å². The van der Waals surface area contributed by atoms with Crippen LogP contribution >= 0.6 is 0 Å². The van der Waals surface area contributed by atoms with Gasteiger partial charge >= 0.3 is 0 Å². The molecule has 1 unspecified atom stereocenters. The molecule has 0 saturated carbocycles. The lowest BCUT2D eigenvalue weighted by Gasteiger charge is -2.22. The summed E-state index contributed by atoms with van der Waals surface area (Å²) in [6.45, 7) is 4.26. The highest BCUT2D eigenvalue weighted by atomic mass is 16.3. The average molecular weight is 326 g/mol. The molecule has 7 nitrogen and oxygen atoms in total. The number of hydrogen-bond acceptors (Lipinski definition) is 4. The van der Waals surface area contributed by atoms with Crippen LogP contribution in [0.5, 0.6) is 0 Å². The molecular weight excluding hydrogens is 308 g/mol. The van der Waals surface area contributed by atoms with Crippen LogP contribution in [0.15, 0.2) is 33.7 Å². The van der Waals surface area contributed by atoms with Gasteiger partial charge in [-0.3, -0.25) is 14.7 Å². The third-order valence-corrected chi connectivity index (χ3v) is 4.71. The van der Waals surface area contributed by atoms with Crippen LogP contribution in [0.25, 0.3) is 5.65 Å². The largest absolute Gasteiger partial charge is 0.459 e. The van der Waals surface area contributed by atoms with E-state index in [0.29, 0.717) is 23.5 Å². The molecule has 0 spiro atoms. The number of carbonyl (C=O) groups is 1. The Bertz CT molecular complexity index is 968. The minimum absolute atomic E-state index is 0.106. The van der Waals surface area contributed by atoms with Crippen molar-refractivity contribution < 1.29 is 9.21 Å². The van der Waals surface area contributed by atoms with Crippen LogP contribution in [0.4, 0.5) is 0 Å². The van der Waals surface area contributed by atoms with Crippen molar-refractivity contribution in [3.8, 4) is 0 Å². The standard InChI is InChI=1S/C17H18N4O3/c1-10-11(2)18-15-9-12(19-21(15)16(10)22)13-5-3-7-20(13)17(23)14-6-4-8-24-14/h4,6,8-9,13,19H,3,5,7H2,1-2H3. The summed E-state index contributed by atoms with van der Waals surface area (Å²) in [6.07, 6.45) is 3.25. The molecule has 3 aromatic heterocycles.